The number of nitrogens with one attached hydrogen (secondary N) is 1. The Bertz CT molecular complexity index is 581. The number of anilines is 1. The highest BCUT2D eigenvalue weighted by atomic mass is 16.4. The van der Waals surface area contributed by atoms with Gasteiger partial charge in [-0.3, -0.25) is 9.59 Å². The van der Waals surface area contributed by atoms with Crippen molar-refractivity contribution in [2.75, 3.05) is 12.4 Å². The van der Waals surface area contributed by atoms with Crippen molar-refractivity contribution >= 4 is 23.5 Å². The van der Waals surface area contributed by atoms with Gasteiger partial charge in [-0.2, -0.15) is 0 Å². The monoisotopic (exact) mass is 290 g/mol. The molecule has 1 aliphatic rings. The van der Waals surface area contributed by atoms with Gasteiger partial charge in [0.1, 0.15) is 6.04 Å². The van der Waals surface area contributed by atoms with Crippen molar-refractivity contribution in [3.05, 3.63) is 29.8 Å². The molecule has 1 unspecified atom stereocenters. The van der Waals surface area contributed by atoms with Crippen molar-refractivity contribution in [1.29, 1.82) is 0 Å². The maximum Gasteiger partial charge on any atom is 0.326 e. The van der Waals surface area contributed by atoms with Gasteiger partial charge in [0.25, 0.3) is 5.91 Å². The van der Waals surface area contributed by atoms with E-state index in [-0.39, 0.29) is 11.8 Å². The van der Waals surface area contributed by atoms with Gasteiger partial charge in [0.15, 0.2) is 0 Å². The third-order valence-corrected chi connectivity index (χ3v) is 3.58. The second-order valence-corrected chi connectivity index (χ2v) is 5.27. The van der Waals surface area contributed by atoms with E-state index in [1.54, 1.807) is 24.3 Å². The van der Waals surface area contributed by atoms with Crippen LogP contribution < -0.4 is 5.32 Å². The summed E-state index contributed by atoms with van der Waals surface area (Å²) in [6, 6.07) is 5.61. The zero-order chi connectivity index (χ0) is 15.6. The lowest BCUT2D eigenvalue weighted by Gasteiger charge is -2.21. The van der Waals surface area contributed by atoms with Gasteiger partial charge >= 0.3 is 5.97 Å². The van der Waals surface area contributed by atoms with Gasteiger partial charge in [-0.15, -0.1) is 0 Å². The van der Waals surface area contributed by atoms with E-state index in [1.807, 2.05) is 0 Å². The predicted octanol–water partition coefficient (Wildman–Crippen LogP) is 1.58. The molecule has 2 N–H and O–H groups in total. The Labute approximate surface area is 122 Å². The SMILES string of the molecule is CC(C(=O)O)N(C)C(=O)c1cccc(NC(=O)C2CC2)c1. The van der Waals surface area contributed by atoms with Crippen LogP contribution in [-0.4, -0.2) is 40.9 Å². The molecule has 6 nitrogen and oxygen atoms in total. The van der Waals surface area contributed by atoms with Crippen LogP contribution >= 0.6 is 0 Å². The van der Waals surface area contributed by atoms with Gasteiger partial charge in [-0.25, -0.2) is 4.79 Å². The molecule has 0 spiro atoms. The average molecular weight is 290 g/mol. The fourth-order valence-electron chi connectivity index (χ4n) is 1.87. The summed E-state index contributed by atoms with van der Waals surface area (Å²) in [5.74, 6) is -1.41. The molecule has 1 atom stereocenters. The molecule has 2 amide bonds. The van der Waals surface area contributed by atoms with E-state index in [2.05, 4.69) is 5.32 Å². The molecule has 1 aromatic rings. The number of carboxylic acid groups (broad SMARTS) is 1. The lowest BCUT2D eigenvalue weighted by Crippen LogP contribution is -2.40. The maximum atomic E-state index is 12.2. The largest absolute Gasteiger partial charge is 0.480 e. The number of hydrogen-bond acceptors (Lipinski definition) is 3. The number of nitrogens with zero attached hydrogens (tertiary/aromatic N) is 1. The van der Waals surface area contributed by atoms with Crippen LogP contribution in [0, 0.1) is 5.92 Å². The Balaban J connectivity index is 2.10. The van der Waals surface area contributed by atoms with Crippen molar-refractivity contribution in [1.82, 2.24) is 4.90 Å². The van der Waals surface area contributed by atoms with Gasteiger partial charge < -0.3 is 15.3 Å². The third kappa shape index (κ3) is 3.59. The van der Waals surface area contributed by atoms with Crippen molar-refractivity contribution in [3.8, 4) is 0 Å². The zero-order valence-corrected chi connectivity index (χ0v) is 12.0. The van der Waals surface area contributed by atoms with E-state index in [1.165, 1.54) is 14.0 Å². The molecule has 21 heavy (non-hydrogen) atoms. The van der Waals surface area contributed by atoms with Gasteiger partial charge in [0, 0.05) is 24.2 Å². The first-order valence-corrected chi connectivity index (χ1v) is 6.81. The van der Waals surface area contributed by atoms with Crippen molar-refractivity contribution in [2.24, 2.45) is 5.92 Å². The van der Waals surface area contributed by atoms with Crippen molar-refractivity contribution < 1.29 is 19.5 Å². The van der Waals surface area contributed by atoms with Gasteiger partial charge in [-0.1, -0.05) is 6.07 Å². The summed E-state index contributed by atoms with van der Waals surface area (Å²) in [4.78, 5) is 36.0. The Morgan fingerprint density at radius 2 is 2.00 bits per heavy atom. The van der Waals surface area contributed by atoms with Crippen LogP contribution in [0.25, 0.3) is 0 Å². The summed E-state index contributed by atoms with van der Waals surface area (Å²) >= 11 is 0. The Kier molecular flexibility index (Phi) is 4.26. The molecule has 6 heteroatoms. The zero-order valence-electron chi connectivity index (χ0n) is 12.0. The smallest absolute Gasteiger partial charge is 0.326 e. The molecule has 1 saturated carbocycles. The van der Waals surface area contributed by atoms with E-state index in [0.717, 1.165) is 17.7 Å². The summed E-state index contributed by atoms with van der Waals surface area (Å²) < 4.78 is 0. The molecule has 1 aromatic carbocycles. The molecule has 1 aliphatic carbocycles. The van der Waals surface area contributed by atoms with Crippen LogP contribution in [0.4, 0.5) is 5.69 Å². The number of benzene rings is 1. The van der Waals surface area contributed by atoms with Crippen LogP contribution in [0.5, 0.6) is 0 Å². The highest BCUT2D eigenvalue weighted by Crippen LogP contribution is 2.30. The molecule has 0 bridgehead atoms. The number of carbonyl (C=O) groups is 3. The number of likely N-dealkylation sites (N-methyl/N-ethyl adjacent to an activating group) is 1. The van der Waals surface area contributed by atoms with Gasteiger partial charge in [0.2, 0.25) is 5.91 Å². The minimum atomic E-state index is -1.07. The van der Waals surface area contributed by atoms with Crippen molar-refractivity contribution in [3.63, 3.8) is 0 Å². The highest BCUT2D eigenvalue weighted by Gasteiger charge is 2.29. The normalized spacial score (nSPS) is 15.1. The molecule has 2 rings (SSSR count). The average Bonchev–Trinajstić information content (AvgIpc) is 3.29. The fourth-order valence-corrected chi connectivity index (χ4v) is 1.87. The highest BCUT2D eigenvalue weighted by molar-refractivity contribution is 5.99. The lowest BCUT2D eigenvalue weighted by atomic mass is 10.1. The molecule has 0 radical (unpaired) electrons. The van der Waals surface area contributed by atoms with Gasteiger partial charge in [0.05, 0.1) is 0 Å². The molecule has 112 valence electrons. The minimum Gasteiger partial charge on any atom is -0.480 e. The van der Waals surface area contributed by atoms with Crippen LogP contribution in [0.3, 0.4) is 0 Å². The summed E-state index contributed by atoms with van der Waals surface area (Å²) in [6.45, 7) is 1.44. The number of rotatable bonds is 5. The number of carboxylic acids is 1. The van der Waals surface area contributed by atoms with E-state index in [9.17, 15) is 14.4 Å². The summed E-state index contributed by atoms with van der Waals surface area (Å²) in [5.41, 5.74) is 0.897. The number of hydrogen-bond donors (Lipinski definition) is 2. The Morgan fingerprint density at radius 1 is 1.33 bits per heavy atom. The molecular formula is C15H18N2O4. The quantitative estimate of drug-likeness (QED) is 0.862. The molecule has 0 heterocycles. The van der Waals surface area contributed by atoms with E-state index >= 15 is 0 Å². The third-order valence-electron chi connectivity index (χ3n) is 3.58. The van der Waals surface area contributed by atoms with Crippen LogP contribution in [-0.2, 0) is 9.59 Å². The molecule has 0 aliphatic heterocycles. The van der Waals surface area contributed by atoms with Crippen LogP contribution in [0.15, 0.2) is 24.3 Å². The summed E-state index contributed by atoms with van der Waals surface area (Å²) in [7, 11) is 1.44. The van der Waals surface area contributed by atoms with Crippen molar-refractivity contribution in [2.45, 2.75) is 25.8 Å². The van der Waals surface area contributed by atoms with Crippen LogP contribution in [0.1, 0.15) is 30.1 Å². The second-order valence-electron chi connectivity index (χ2n) is 5.27. The number of carbonyl (C=O) groups excluding carboxylic acids is 2. The molecular weight excluding hydrogens is 272 g/mol. The van der Waals surface area contributed by atoms with E-state index in [0.29, 0.717) is 11.3 Å². The topological polar surface area (TPSA) is 86.7 Å². The second kappa shape index (κ2) is 5.95. The molecule has 1 fully saturated rings. The van der Waals surface area contributed by atoms with Gasteiger partial charge in [-0.05, 0) is 38.0 Å². The number of aliphatic carboxylic acids is 1. The van der Waals surface area contributed by atoms with E-state index < -0.39 is 17.9 Å². The first-order chi connectivity index (χ1) is 9.90. The fraction of sp³-hybridized carbons (Fsp3) is 0.400. The Morgan fingerprint density at radius 3 is 2.57 bits per heavy atom. The standard InChI is InChI=1S/C15H18N2O4/c1-9(15(20)21)17(2)14(19)11-4-3-5-12(8-11)16-13(18)10-6-7-10/h3-5,8-10H,6-7H2,1-2H3,(H,16,18)(H,20,21). The first kappa shape index (κ1) is 15.0. The van der Waals surface area contributed by atoms with Crippen LogP contribution in [0.2, 0.25) is 0 Å². The maximum absolute atomic E-state index is 12.2. The Hall–Kier alpha value is -2.37. The summed E-state index contributed by atoms with van der Waals surface area (Å²) in [6.07, 6.45) is 1.81. The predicted molar refractivity (Wildman–Crippen MR) is 77.0 cm³/mol. The first-order valence-electron chi connectivity index (χ1n) is 6.81. The molecule has 0 aromatic heterocycles. The van der Waals surface area contributed by atoms with E-state index in [4.69, 9.17) is 5.11 Å². The lowest BCUT2D eigenvalue weighted by molar-refractivity contribution is -0.141. The minimum absolute atomic E-state index is 0.0353. The molecule has 0 saturated heterocycles. The number of amides is 2. The summed E-state index contributed by atoms with van der Waals surface area (Å²) in [5, 5.41) is 11.7.